The van der Waals surface area contributed by atoms with Gasteiger partial charge >= 0.3 is 0 Å². The van der Waals surface area contributed by atoms with Crippen LogP contribution in [-0.2, 0) is 33.7 Å². The van der Waals surface area contributed by atoms with Crippen LogP contribution < -0.4 is 14.4 Å². The first-order valence-electron chi connectivity index (χ1n) is 12.9. The molecule has 194 valence electrons. The lowest BCUT2D eigenvalue weighted by Gasteiger charge is -2.34. The average Bonchev–Trinajstić information content (AvgIpc) is 2.92. The van der Waals surface area contributed by atoms with Crippen molar-refractivity contribution in [3.63, 3.8) is 0 Å². The number of nitrogens with one attached hydrogen (secondary N) is 1. The predicted molar refractivity (Wildman–Crippen MR) is 145 cm³/mol. The lowest BCUT2D eigenvalue weighted by atomic mass is 10.1. The molecule has 7 nitrogen and oxygen atoms in total. The smallest absolute Gasteiger partial charge is 0.263 e. The first-order chi connectivity index (χ1) is 18.0. The standard InChI is InChI=1S/C29H33N3O4S/c33-29(30-19-24-12-9-13-25(18-24)20-31-16-7-2-8-17-31)28-21-32(26-14-5-6-15-27(26)36-28)37(34,35)22-23-10-3-1-4-11-23/h1,3-6,9-15,18,28H,2,7-8,16-17,19-22H2,(H,30,33). The Labute approximate surface area is 219 Å². The number of likely N-dealkylation sites (tertiary alicyclic amines) is 1. The molecule has 0 bridgehead atoms. The molecule has 8 heteroatoms. The highest BCUT2D eigenvalue weighted by Crippen LogP contribution is 2.35. The average molecular weight is 520 g/mol. The molecule has 1 unspecified atom stereocenters. The van der Waals surface area contributed by atoms with Crippen molar-refractivity contribution in [3.05, 3.63) is 95.6 Å². The summed E-state index contributed by atoms with van der Waals surface area (Å²) in [6.45, 7) is 3.45. The molecule has 2 heterocycles. The van der Waals surface area contributed by atoms with Gasteiger partial charge in [-0.1, -0.05) is 73.2 Å². The van der Waals surface area contributed by atoms with Gasteiger partial charge in [0.2, 0.25) is 10.0 Å². The van der Waals surface area contributed by atoms with E-state index in [9.17, 15) is 13.2 Å². The Morgan fingerprint density at radius 2 is 1.57 bits per heavy atom. The molecule has 5 rings (SSSR count). The quantitative estimate of drug-likeness (QED) is 0.485. The number of para-hydroxylation sites is 2. The monoisotopic (exact) mass is 519 g/mol. The van der Waals surface area contributed by atoms with Crippen LogP contribution >= 0.6 is 0 Å². The Hall–Kier alpha value is -3.36. The highest BCUT2D eigenvalue weighted by molar-refractivity contribution is 7.92. The summed E-state index contributed by atoms with van der Waals surface area (Å²) in [6.07, 6.45) is 2.86. The van der Waals surface area contributed by atoms with Crippen LogP contribution in [0.1, 0.15) is 36.0 Å². The summed E-state index contributed by atoms with van der Waals surface area (Å²) in [4.78, 5) is 15.6. The van der Waals surface area contributed by atoms with E-state index >= 15 is 0 Å². The van der Waals surface area contributed by atoms with Gasteiger partial charge in [0.25, 0.3) is 5.91 Å². The SMILES string of the molecule is O=C(NCc1cccc(CN2CCCCC2)c1)C1CN(S(=O)(=O)Cc2ccccc2)c2ccccc2O1. The predicted octanol–water partition coefficient (Wildman–Crippen LogP) is 4.09. The number of fused-ring (bicyclic) bond motifs is 1. The van der Waals surface area contributed by atoms with Crippen LogP contribution in [0.15, 0.2) is 78.9 Å². The minimum absolute atomic E-state index is 0.0764. The number of anilines is 1. The maximum Gasteiger partial charge on any atom is 0.263 e. The van der Waals surface area contributed by atoms with E-state index in [0.29, 0.717) is 23.5 Å². The summed E-state index contributed by atoms with van der Waals surface area (Å²) >= 11 is 0. The zero-order valence-corrected chi connectivity index (χ0v) is 21.7. The number of piperidine rings is 1. The number of hydrogen-bond donors (Lipinski definition) is 1. The van der Waals surface area contributed by atoms with Gasteiger partial charge in [-0.05, 0) is 54.8 Å². The Morgan fingerprint density at radius 3 is 2.38 bits per heavy atom. The third-order valence-electron chi connectivity index (χ3n) is 6.87. The maximum atomic E-state index is 13.4. The fourth-order valence-corrected chi connectivity index (χ4v) is 6.56. The van der Waals surface area contributed by atoms with Crippen molar-refractivity contribution in [2.75, 3.05) is 23.9 Å². The lowest BCUT2D eigenvalue weighted by Crippen LogP contribution is -2.50. The van der Waals surface area contributed by atoms with Gasteiger partial charge in [0.1, 0.15) is 5.75 Å². The van der Waals surface area contributed by atoms with Crippen molar-refractivity contribution in [1.82, 2.24) is 10.2 Å². The number of rotatable bonds is 8. The number of sulfonamides is 1. The van der Waals surface area contributed by atoms with Crippen LogP contribution in [0.3, 0.4) is 0 Å². The minimum atomic E-state index is -3.73. The summed E-state index contributed by atoms with van der Waals surface area (Å²) in [6, 6.07) is 24.3. The first kappa shape index (κ1) is 25.3. The highest BCUT2D eigenvalue weighted by Gasteiger charge is 2.36. The second-order valence-corrected chi connectivity index (χ2v) is 11.6. The molecular formula is C29H33N3O4S. The first-order valence-corrected chi connectivity index (χ1v) is 14.5. The van der Waals surface area contributed by atoms with Gasteiger partial charge in [0.15, 0.2) is 6.10 Å². The van der Waals surface area contributed by atoms with E-state index in [-0.39, 0.29) is 18.2 Å². The number of benzene rings is 3. The number of nitrogens with zero attached hydrogens (tertiary/aromatic N) is 2. The van der Waals surface area contributed by atoms with E-state index in [1.165, 1.54) is 29.1 Å². The zero-order valence-electron chi connectivity index (χ0n) is 20.9. The lowest BCUT2D eigenvalue weighted by molar-refractivity contribution is -0.127. The third kappa shape index (κ3) is 6.32. The van der Waals surface area contributed by atoms with Crippen LogP contribution in [0.5, 0.6) is 5.75 Å². The fourth-order valence-electron chi connectivity index (χ4n) is 4.98. The normalized spacial score (nSPS) is 18.1. The molecule has 1 amide bonds. The number of amides is 1. The van der Waals surface area contributed by atoms with Crippen LogP contribution in [0.4, 0.5) is 5.69 Å². The van der Waals surface area contributed by atoms with Crippen LogP contribution in [-0.4, -0.2) is 45.0 Å². The molecule has 0 aromatic heterocycles. The highest BCUT2D eigenvalue weighted by atomic mass is 32.2. The van der Waals surface area contributed by atoms with E-state index in [1.807, 2.05) is 30.3 Å². The van der Waals surface area contributed by atoms with Crippen molar-refractivity contribution in [2.24, 2.45) is 0 Å². The van der Waals surface area contributed by atoms with Gasteiger partial charge in [-0.25, -0.2) is 8.42 Å². The number of hydrogen-bond acceptors (Lipinski definition) is 5. The molecule has 0 spiro atoms. The summed E-state index contributed by atoms with van der Waals surface area (Å²) in [7, 11) is -3.73. The topological polar surface area (TPSA) is 79.0 Å². The molecule has 1 N–H and O–H groups in total. The molecule has 1 saturated heterocycles. The van der Waals surface area contributed by atoms with Gasteiger partial charge in [-0.2, -0.15) is 0 Å². The number of carbonyl (C=O) groups excluding carboxylic acids is 1. The van der Waals surface area contributed by atoms with Gasteiger partial charge in [0, 0.05) is 13.1 Å². The molecule has 0 radical (unpaired) electrons. The Bertz CT molecular complexity index is 1320. The molecule has 2 aliphatic heterocycles. The summed E-state index contributed by atoms with van der Waals surface area (Å²) in [5.74, 6) is -0.106. The van der Waals surface area contributed by atoms with Crippen molar-refractivity contribution in [2.45, 2.75) is 44.2 Å². The van der Waals surface area contributed by atoms with Crippen LogP contribution in [0.2, 0.25) is 0 Å². The third-order valence-corrected chi connectivity index (χ3v) is 8.58. The zero-order chi connectivity index (χ0) is 25.7. The van der Waals surface area contributed by atoms with Crippen LogP contribution in [0.25, 0.3) is 0 Å². The van der Waals surface area contributed by atoms with Gasteiger partial charge in [0.05, 0.1) is 18.0 Å². The molecule has 3 aromatic rings. The Kier molecular flexibility index (Phi) is 7.76. The minimum Gasteiger partial charge on any atom is -0.476 e. The molecular weight excluding hydrogens is 486 g/mol. The van der Waals surface area contributed by atoms with E-state index in [2.05, 4.69) is 22.3 Å². The fraction of sp³-hybridized carbons (Fsp3) is 0.345. The Balaban J connectivity index is 1.26. The second kappa shape index (κ2) is 11.4. The van der Waals surface area contributed by atoms with Crippen molar-refractivity contribution < 1.29 is 17.9 Å². The molecule has 37 heavy (non-hydrogen) atoms. The largest absolute Gasteiger partial charge is 0.476 e. The van der Waals surface area contributed by atoms with Gasteiger partial charge < -0.3 is 10.1 Å². The van der Waals surface area contributed by atoms with E-state index in [4.69, 9.17) is 4.74 Å². The summed E-state index contributed by atoms with van der Waals surface area (Å²) in [5.41, 5.74) is 3.38. The number of ether oxygens (including phenoxy) is 1. The van der Waals surface area contributed by atoms with Crippen molar-refractivity contribution in [3.8, 4) is 5.75 Å². The molecule has 1 atom stereocenters. The van der Waals surface area contributed by atoms with Crippen molar-refractivity contribution >= 4 is 21.6 Å². The summed E-state index contributed by atoms with van der Waals surface area (Å²) < 4.78 is 34.1. The van der Waals surface area contributed by atoms with E-state index in [1.54, 1.807) is 36.4 Å². The number of carbonyl (C=O) groups is 1. The van der Waals surface area contributed by atoms with E-state index < -0.39 is 16.1 Å². The molecule has 3 aromatic carbocycles. The van der Waals surface area contributed by atoms with E-state index in [0.717, 1.165) is 25.2 Å². The van der Waals surface area contributed by atoms with Gasteiger partial charge in [-0.15, -0.1) is 0 Å². The van der Waals surface area contributed by atoms with Gasteiger partial charge in [-0.3, -0.25) is 14.0 Å². The van der Waals surface area contributed by atoms with Crippen LogP contribution in [0, 0.1) is 0 Å². The molecule has 1 fully saturated rings. The molecule has 0 saturated carbocycles. The second-order valence-electron chi connectivity index (χ2n) is 9.72. The Morgan fingerprint density at radius 1 is 0.865 bits per heavy atom. The maximum absolute atomic E-state index is 13.4. The van der Waals surface area contributed by atoms with Crippen molar-refractivity contribution in [1.29, 1.82) is 0 Å². The molecule has 0 aliphatic carbocycles. The summed E-state index contributed by atoms with van der Waals surface area (Å²) in [5, 5.41) is 2.95. The molecule has 2 aliphatic rings.